The highest BCUT2D eigenvalue weighted by Crippen LogP contribution is 2.39. The van der Waals surface area contributed by atoms with Crippen molar-refractivity contribution in [2.45, 2.75) is 58.2 Å². The lowest BCUT2D eigenvalue weighted by Gasteiger charge is -2.41. The SMILES string of the molecule is CC(C)(C)[Si](C)(C)OCCC1(CO)CCN(C(=O)O)CC1. The maximum Gasteiger partial charge on any atom is 0.407 e. The Hall–Kier alpha value is -0.593. The van der Waals surface area contributed by atoms with Crippen molar-refractivity contribution in [2.75, 3.05) is 26.3 Å². The van der Waals surface area contributed by atoms with Crippen LogP contribution in [0.3, 0.4) is 0 Å². The van der Waals surface area contributed by atoms with Crippen molar-refractivity contribution in [2.24, 2.45) is 5.41 Å². The van der Waals surface area contributed by atoms with Crippen LogP contribution in [0.1, 0.15) is 40.0 Å². The maximum atomic E-state index is 11.0. The molecule has 0 atom stereocenters. The largest absolute Gasteiger partial charge is 0.465 e. The third kappa shape index (κ3) is 4.69. The minimum atomic E-state index is -1.75. The monoisotopic (exact) mass is 317 g/mol. The minimum absolute atomic E-state index is 0.112. The zero-order chi connectivity index (χ0) is 16.3. The number of amides is 1. The zero-order valence-electron chi connectivity index (χ0n) is 14.1. The summed E-state index contributed by atoms with van der Waals surface area (Å²) in [5, 5.41) is 18.9. The number of carbonyl (C=O) groups is 1. The first-order valence-electron chi connectivity index (χ1n) is 7.76. The zero-order valence-corrected chi connectivity index (χ0v) is 15.1. The molecule has 21 heavy (non-hydrogen) atoms. The molecule has 0 saturated carbocycles. The molecule has 0 unspecified atom stereocenters. The third-order valence-electron chi connectivity index (χ3n) is 5.33. The standard InChI is InChI=1S/C15H31NO4Si/c1-14(2,3)21(4,5)20-11-8-15(12-17)6-9-16(10-7-15)13(18)19/h17H,6-12H2,1-5H3,(H,18,19). The van der Waals surface area contributed by atoms with Crippen molar-refractivity contribution < 1.29 is 19.4 Å². The quantitative estimate of drug-likeness (QED) is 0.764. The highest BCUT2D eigenvalue weighted by molar-refractivity contribution is 6.74. The van der Waals surface area contributed by atoms with Crippen LogP contribution < -0.4 is 0 Å². The molecule has 0 radical (unpaired) electrons. The third-order valence-corrected chi connectivity index (χ3v) is 9.87. The van der Waals surface area contributed by atoms with Gasteiger partial charge in [0.05, 0.1) is 0 Å². The van der Waals surface area contributed by atoms with E-state index in [0.717, 1.165) is 19.3 Å². The van der Waals surface area contributed by atoms with E-state index in [9.17, 15) is 9.90 Å². The number of aliphatic hydroxyl groups excluding tert-OH is 1. The number of carboxylic acid groups (broad SMARTS) is 1. The first-order chi connectivity index (χ1) is 9.53. The van der Waals surface area contributed by atoms with Gasteiger partial charge in [-0.2, -0.15) is 0 Å². The predicted octanol–water partition coefficient (Wildman–Crippen LogP) is 3.15. The van der Waals surface area contributed by atoms with E-state index in [-0.39, 0.29) is 17.1 Å². The molecule has 124 valence electrons. The summed E-state index contributed by atoms with van der Waals surface area (Å²) in [6, 6.07) is 0. The molecule has 0 aliphatic carbocycles. The van der Waals surface area contributed by atoms with Crippen LogP contribution in [0.25, 0.3) is 0 Å². The molecule has 1 heterocycles. The van der Waals surface area contributed by atoms with Crippen LogP contribution in [0.5, 0.6) is 0 Å². The summed E-state index contributed by atoms with van der Waals surface area (Å²) in [6.45, 7) is 12.9. The van der Waals surface area contributed by atoms with Gasteiger partial charge < -0.3 is 19.5 Å². The number of aliphatic hydroxyl groups is 1. The Balaban J connectivity index is 2.51. The van der Waals surface area contributed by atoms with Crippen molar-refractivity contribution in [1.29, 1.82) is 0 Å². The Labute approximate surface area is 129 Å². The van der Waals surface area contributed by atoms with Gasteiger partial charge in [-0.25, -0.2) is 4.79 Å². The van der Waals surface area contributed by atoms with Gasteiger partial charge in [-0.05, 0) is 42.8 Å². The summed E-state index contributed by atoms with van der Waals surface area (Å²) in [4.78, 5) is 12.4. The molecule has 2 N–H and O–H groups in total. The van der Waals surface area contributed by atoms with E-state index < -0.39 is 14.4 Å². The average molecular weight is 318 g/mol. The first kappa shape index (κ1) is 18.5. The molecule has 6 heteroatoms. The van der Waals surface area contributed by atoms with E-state index in [1.807, 2.05) is 0 Å². The minimum Gasteiger partial charge on any atom is -0.465 e. The van der Waals surface area contributed by atoms with Crippen LogP contribution in [-0.2, 0) is 4.43 Å². The second kappa shape index (κ2) is 6.67. The molecule has 0 spiro atoms. The van der Waals surface area contributed by atoms with Crippen LogP contribution in [-0.4, -0.2) is 55.8 Å². The Morgan fingerprint density at radius 1 is 1.29 bits per heavy atom. The number of hydrogen-bond acceptors (Lipinski definition) is 3. The Morgan fingerprint density at radius 3 is 2.19 bits per heavy atom. The van der Waals surface area contributed by atoms with Gasteiger partial charge in [-0.1, -0.05) is 20.8 Å². The lowest BCUT2D eigenvalue weighted by molar-refractivity contribution is 0.0274. The average Bonchev–Trinajstić information content (AvgIpc) is 2.37. The van der Waals surface area contributed by atoms with E-state index in [1.165, 1.54) is 4.90 Å². The van der Waals surface area contributed by atoms with E-state index in [2.05, 4.69) is 33.9 Å². The van der Waals surface area contributed by atoms with Gasteiger partial charge in [0.15, 0.2) is 8.32 Å². The molecule has 1 aliphatic rings. The fraction of sp³-hybridized carbons (Fsp3) is 0.933. The van der Waals surface area contributed by atoms with Crippen molar-refractivity contribution >= 4 is 14.4 Å². The summed E-state index contributed by atoms with van der Waals surface area (Å²) in [7, 11) is -1.75. The van der Waals surface area contributed by atoms with Gasteiger partial charge in [0, 0.05) is 26.3 Å². The molecule has 5 nitrogen and oxygen atoms in total. The van der Waals surface area contributed by atoms with Gasteiger partial charge in [-0.15, -0.1) is 0 Å². The Bertz CT molecular complexity index is 357. The fourth-order valence-corrected chi connectivity index (χ4v) is 3.44. The summed E-state index contributed by atoms with van der Waals surface area (Å²) >= 11 is 0. The molecule has 1 fully saturated rings. The smallest absolute Gasteiger partial charge is 0.407 e. The molecular formula is C15H31NO4Si. The van der Waals surface area contributed by atoms with Gasteiger partial charge in [0.1, 0.15) is 0 Å². The second-order valence-electron chi connectivity index (χ2n) is 7.79. The van der Waals surface area contributed by atoms with Gasteiger partial charge in [0.25, 0.3) is 0 Å². The molecule has 0 aromatic carbocycles. The fourth-order valence-electron chi connectivity index (χ4n) is 2.40. The summed E-state index contributed by atoms with van der Waals surface area (Å²) in [6.07, 6.45) is 1.38. The molecule has 1 amide bonds. The lowest BCUT2D eigenvalue weighted by atomic mass is 9.77. The summed E-state index contributed by atoms with van der Waals surface area (Å²) < 4.78 is 6.20. The van der Waals surface area contributed by atoms with Crippen LogP contribution in [0.15, 0.2) is 0 Å². The molecular weight excluding hydrogens is 286 g/mol. The molecule has 0 aromatic heterocycles. The molecule has 1 aliphatic heterocycles. The molecule has 1 saturated heterocycles. The van der Waals surface area contributed by atoms with Crippen molar-refractivity contribution in [3.63, 3.8) is 0 Å². The van der Waals surface area contributed by atoms with Crippen LogP contribution >= 0.6 is 0 Å². The van der Waals surface area contributed by atoms with Gasteiger partial charge in [-0.3, -0.25) is 0 Å². The predicted molar refractivity (Wildman–Crippen MR) is 86.1 cm³/mol. The molecule has 0 aromatic rings. The topological polar surface area (TPSA) is 70.0 Å². The van der Waals surface area contributed by atoms with E-state index in [0.29, 0.717) is 19.7 Å². The number of hydrogen-bond donors (Lipinski definition) is 2. The number of rotatable bonds is 5. The molecule has 1 rings (SSSR count). The second-order valence-corrected chi connectivity index (χ2v) is 12.6. The highest BCUT2D eigenvalue weighted by atomic mass is 28.4. The van der Waals surface area contributed by atoms with Crippen LogP contribution in [0.4, 0.5) is 4.79 Å². The van der Waals surface area contributed by atoms with E-state index in [4.69, 9.17) is 9.53 Å². The normalized spacial score (nSPS) is 19.6. The molecule has 0 bridgehead atoms. The summed E-state index contributed by atoms with van der Waals surface area (Å²) in [5.41, 5.74) is -0.172. The highest BCUT2D eigenvalue weighted by Gasteiger charge is 2.39. The Morgan fingerprint density at radius 2 is 1.81 bits per heavy atom. The summed E-state index contributed by atoms with van der Waals surface area (Å²) in [5.74, 6) is 0. The van der Waals surface area contributed by atoms with Crippen LogP contribution in [0, 0.1) is 5.41 Å². The van der Waals surface area contributed by atoms with E-state index >= 15 is 0 Å². The number of nitrogens with zero attached hydrogens (tertiary/aromatic N) is 1. The van der Waals surface area contributed by atoms with Gasteiger partial charge in [0.2, 0.25) is 0 Å². The van der Waals surface area contributed by atoms with Crippen LogP contribution in [0.2, 0.25) is 18.1 Å². The first-order valence-corrected chi connectivity index (χ1v) is 10.7. The van der Waals surface area contributed by atoms with Crippen molar-refractivity contribution in [3.05, 3.63) is 0 Å². The van der Waals surface area contributed by atoms with Crippen molar-refractivity contribution in [3.8, 4) is 0 Å². The van der Waals surface area contributed by atoms with E-state index in [1.54, 1.807) is 0 Å². The van der Waals surface area contributed by atoms with Gasteiger partial charge >= 0.3 is 6.09 Å². The Kier molecular flexibility index (Phi) is 5.86. The maximum absolute atomic E-state index is 11.0. The van der Waals surface area contributed by atoms with Crippen molar-refractivity contribution in [1.82, 2.24) is 4.90 Å². The number of piperidine rings is 1. The number of likely N-dealkylation sites (tertiary alicyclic amines) is 1. The lowest BCUT2D eigenvalue weighted by Crippen LogP contribution is -2.46.